The van der Waals surface area contributed by atoms with Crippen LogP contribution in [0.15, 0.2) is 48.5 Å². The third kappa shape index (κ3) is 2.19. The van der Waals surface area contributed by atoms with Crippen molar-refractivity contribution in [2.24, 2.45) is 5.73 Å². The molecule has 0 bridgehead atoms. The van der Waals surface area contributed by atoms with Gasteiger partial charge in [-0.2, -0.15) is 0 Å². The molecule has 2 aromatic rings. The fourth-order valence-electron chi connectivity index (χ4n) is 2.78. The number of nitrogens with zero attached hydrogens (tertiary/aromatic N) is 1. The maximum Gasteiger partial charge on any atom is 0.247 e. The Morgan fingerprint density at radius 1 is 1.00 bits per heavy atom. The number of β-lactam (4-membered cyclic amide) rings is 1. The number of carbonyl (C=O) groups excluding carboxylic acids is 1. The first-order chi connectivity index (χ1) is 10.7. The number of carbonyl (C=O) groups is 1. The summed E-state index contributed by atoms with van der Waals surface area (Å²) in [7, 11) is 3.18. The van der Waals surface area contributed by atoms with E-state index in [4.69, 9.17) is 15.2 Å². The average molecular weight is 298 g/mol. The summed E-state index contributed by atoms with van der Waals surface area (Å²) < 4.78 is 10.6. The second kappa shape index (κ2) is 5.69. The smallest absolute Gasteiger partial charge is 0.247 e. The molecular formula is C17H18N2O3. The van der Waals surface area contributed by atoms with Gasteiger partial charge in [0.05, 0.1) is 20.3 Å². The van der Waals surface area contributed by atoms with Crippen molar-refractivity contribution in [2.75, 3.05) is 19.1 Å². The van der Waals surface area contributed by atoms with Crippen molar-refractivity contribution in [3.8, 4) is 11.5 Å². The van der Waals surface area contributed by atoms with Crippen molar-refractivity contribution in [1.29, 1.82) is 0 Å². The van der Waals surface area contributed by atoms with E-state index in [1.807, 2.05) is 48.5 Å². The maximum absolute atomic E-state index is 12.2. The number of amides is 1. The monoisotopic (exact) mass is 298 g/mol. The van der Waals surface area contributed by atoms with Crippen molar-refractivity contribution in [2.45, 2.75) is 12.1 Å². The molecule has 2 atom stereocenters. The molecule has 1 aliphatic heterocycles. The van der Waals surface area contributed by atoms with E-state index in [2.05, 4.69) is 0 Å². The van der Waals surface area contributed by atoms with Crippen LogP contribution in [-0.4, -0.2) is 26.2 Å². The van der Waals surface area contributed by atoms with Crippen LogP contribution >= 0.6 is 0 Å². The third-order valence-corrected chi connectivity index (χ3v) is 3.92. The van der Waals surface area contributed by atoms with Crippen molar-refractivity contribution >= 4 is 11.6 Å². The van der Waals surface area contributed by atoms with E-state index in [0.717, 1.165) is 11.3 Å². The zero-order valence-electron chi connectivity index (χ0n) is 12.5. The van der Waals surface area contributed by atoms with Crippen LogP contribution in [0.5, 0.6) is 11.5 Å². The molecular weight excluding hydrogens is 280 g/mol. The minimum absolute atomic E-state index is 0.0778. The van der Waals surface area contributed by atoms with Crippen LogP contribution in [0.25, 0.3) is 0 Å². The molecule has 1 saturated heterocycles. The molecule has 5 nitrogen and oxygen atoms in total. The van der Waals surface area contributed by atoms with E-state index in [1.54, 1.807) is 19.1 Å². The second-order valence-corrected chi connectivity index (χ2v) is 5.13. The zero-order valence-corrected chi connectivity index (χ0v) is 12.5. The third-order valence-electron chi connectivity index (χ3n) is 3.92. The summed E-state index contributed by atoms with van der Waals surface area (Å²) in [5, 5.41) is 0. The molecule has 3 rings (SSSR count). The highest BCUT2D eigenvalue weighted by molar-refractivity contribution is 6.05. The van der Waals surface area contributed by atoms with E-state index in [9.17, 15) is 4.79 Å². The fraction of sp³-hybridized carbons (Fsp3) is 0.235. The van der Waals surface area contributed by atoms with E-state index in [-0.39, 0.29) is 11.9 Å². The number of nitrogens with two attached hydrogens (primary N) is 1. The first kappa shape index (κ1) is 14.4. The number of rotatable bonds is 4. The molecule has 0 spiro atoms. The van der Waals surface area contributed by atoms with Crippen LogP contribution < -0.4 is 20.1 Å². The number of hydrogen-bond donors (Lipinski definition) is 1. The largest absolute Gasteiger partial charge is 0.493 e. The van der Waals surface area contributed by atoms with Gasteiger partial charge in [0.15, 0.2) is 11.5 Å². The SMILES string of the molecule is COc1ccc([C@@H]2[C@H](N)C(=O)N2c2ccccc2)cc1OC. The molecule has 2 aromatic carbocycles. The lowest BCUT2D eigenvalue weighted by Gasteiger charge is -2.45. The van der Waals surface area contributed by atoms with Gasteiger partial charge < -0.3 is 20.1 Å². The van der Waals surface area contributed by atoms with Crippen molar-refractivity contribution < 1.29 is 14.3 Å². The predicted octanol–water partition coefficient (Wildman–Crippen LogP) is 2.12. The maximum atomic E-state index is 12.2. The summed E-state index contributed by atoms with van der Waals surface area (Å²) >= 11 is 0. The standard InChI is InChI=1S/C17H18N2O3/c1-21-13-9-8-11(10-14(13)22-2)16-15(18)17(20)19(16)12-6-4-3-5-7-12/h3-10,15-16H,18H2,1-2H3/t15-,16+/m0/s1. The topological polar surface area (TPSA) is 64.8 Å². The van der Waals surface area contributed by atoms with Gasteiger partial charge in [-0.1, -0.05) is 24.3 Å². The highest BCUT2D eigenvalue weighted by Crippen LogP contribution is 2.40. The molecule has 0 aromatic heterocycles. The quantitative estimate of drug-likeness (QED) is 0.878. The van der Waals surface area contributed by atoms with Gasteiger partial charge in [-0.3, -0.25) is 4.79 Å². The first-order valence-electron chi connectivity index (χ1n) is 7.03. The van der Waals surface area contributed by atoms with Gasteiger partial charge in [0.1, 0.15) is 6.04 Å². The number of ether oxygens (including phenoxy) is 2. The fourth-order valence-corrected chi connectivity index (χ4v) is 2.78. The Hall–Kier alpha value is -2.53. The number of benzene rings is 2. The Balaban J connectivity index is 1.98. The molecule has 0 saturated carbocycles. The summed E-state index contributed by atoms with van der Waals surface area (Å²) in [5.74, 6) is 1.20. The first-order valence-corrected chi connectivity index (χ1v) is 7.03. The highest BCUT2D eigenvalue weighted by atomic mass is 16.5. The summed E-state index contributed by atoms with van der Waals surface area (Å²) in [6.07, 6.45) is 0. The van der Waals surface area contributed by atoms with Gasteiger partial charge in [-0.15, -0.1) is 0 Å². The number of anilines is 1. The molecule has 114 valence electrons. The van der Waals surface area contributed by atoms with Crippen LogP contribution in [0.4, 0.5) is 5.69 Å². The molecule has 0 unspecified atom stereocenters. The Kier molecular flexibility index (Phi) is 3.73. The number of methoxy groups -OCH3 is 2. The Morgan fingerprint density at radius 2 is 1.68 bits per heavy atom. The van der Waals surface area contributed by atoms with Crippen LogP contribution in [0, 0.1) is 0 Å². The molecule has 5 heteroatoms. The molecule has 0 aliphatic carbocycles. The Morgan fingerprint density at radius 3 is 2.32 bits per heavy atom. The lowest BCUT2D eigenvalue weighted by molar-refractivity contribution is -0.126. The van der Waals surface area contributed by atoms with Gasteiger partial charge in [0.25, 0.3) is 0 Å². The summed E-state index contributed by atoms with van der Waals surface area (Å²) in [6, 6.07) is 14.4. The van der Waals surface area contributed by atoms with Gasteiger partial charge in [-0.05, 0) is 29.8 Å². The van der Waals surface area contributed by atoms with Gasteiger partial charge in [0, 0.05) is 5.69 Å². The van der Waals surface area contributed by atoms with E-state index in [1.165, 1.54) is 0 Å². The lowest BCUT2D eigenvalue weighted by Crippen LogP contribution is -2.63. The molecule has 1 aliphatic rings. The Bertz CT molecular complexity index is 688. The van der Waals surface area contributed by atoms with Crippen LogP contribution in [0.2, 0.25) is 0 Å². The van der Waals surface area contributed by atoms with Gasteiger partial charge >= 0.3 is 0 Å². The summed E-state index contributed by atoms with van der Waals surface area (Å²) in [5.41, 5.74) is 7.79. The van der Waals surface area contributed by atoms with Crippen molar-refractivity contribution in [1.82, 2.24) is 0 Å². The molecule has 1 heterocycles. The molecule has 1 amide bonds. The van der Waals surface area contributed by atoms with Crippen LogP contribution in [0.3, 0.4) is 0 Å². The van der Waals surface area contributed by atoms with Gasteiger partial charge in [0.2, 0.25) is 5.91 Å². The molecule has 1 fully saturated rings. The molecule has 2 N–H and O–H groups in total. The minimum Gasteiger partial charge on any atom is -0.493 e. The van der Waals surface area contributed by atoms with Gasteiger partial charge in [-0.25, -0.2) is 0 Å². The predicted molar refractivity (Wildman–Crippen MR) is 84.2 cm³/mol. The number of para-hydroxylation sites is 1. The van der Waals surface area contributed by atoms with E-state index < -0.39 is 6.04 Å². The van der Waals surface area contributed by atoms with E-state index >= 15 is 0 Å². The van der Waals surface area contributed by atoms with Crippen LogP contribution in [-0.2, 0) is 4.79 Å². The normalized spacial score (nSPS) is 20.5. The second-order valence-electron chi connectivity index (χ2n) is 5.13. The summed E-state index contributed by atoms with van der Waals surface area (Å²) in [4.78, 5) is 13.9. The van der Waals surface area contributed by atoms with Crippen LogP contribution in [0.1, 0.15) is 11.6 Å². The Labute approximate surface area is 129 Å². The summed E-state index contributed by atoms with van der Waals surface area (Å²) in [6.45, 7) is 0. The highest BCUT2D eigenvalue weighted by Gasteiger charge is 2.46. The number of hydrogen-bond acceptors (Lipinski definition) is 4. The van der Waals surface area contributed by atoms with Crippen molar-refractivity contribution in [3.63, 3.8) is 0 Å². The van der Waals surface area contributed by atoms with Crippen molar-refractivity contribution in [3.05, 3.63) is 54.1 Å². The zero-order chi connectivity index (χ0) is 15.7. The lowest BCUT2D eigenvalue weighted by atomic mass is 9.88. The molecule has 22 heavy (non-hydrogen) atoms. The average Bonchev–Trinajstić information content (AvgIpc) is 2.58. The van der Waals surface area contributed by atoms with E-state index in [0.29, 0.717) is 11.5 Å². The minimum atomic E-state index is -0.543. The molecule has 0 radical (unpaired) electrons.